The van der Waals surface area contributed by atoms with E-state index in [0.29, 0.717) is 24.4 Å². The first-order valence-electron chi connectivity index (χ1n) is 8.00. The van der Waals surface area contributed by atoms with Crippen LogP contribution < -0.4 is 10.6 Å². The van der Waals surface area contributed by atoms with Gasteiger partial charge in [-0.25, -0.2) is 4.79 Å². The first-order valence-corrected chi connectivity index (χ1v) is 8.37. The SMILES string of the molecule is CC(C)CC1NC(=O)N(CC(=O)NCCc2ccc(Cl)cc2)C1=O. The van der Waals surface area contributed by atoms with Crippen molar-refractivity contribution < 1.29 is 14.4 Å². The van der Waals surface area contributed by atoms with Crippen LogP contribution in [0, 0.1) is 5.92 Å². The highest BCUT2D eigenvalue weighted by atomic mass is 35.5. The van der Waals surface area contributed by atoms with Gasteiger partial charge in [0.1, 0.15) is 12.6 Å². The van der Waals surface area contributed by atoms with Gasteiger partial charge in [-0.1, -0.05) is 37.6 Å². The topological polar surface area (TPSA) is 78.5 Å². The Labute approximate surface area is 146 Å². The monoisotopic (exact) mass is 351 g/mol. The molecule has 24 heavy (non-hydrogen) atoms. The maximum atomic E-state index is 12.2. The standard InChI is InChI=1S/C17H22ClN3O3/c1-11(2)9-14-16(23)21(17(24)20-14)10-15(22)19-8-7-12-3-5-13(18)6-4-12/h3-6,11,14H,7-10H2,1-2H3,(H,19,22)(H,20,24). The number of nitrogens with one attached hydrogen (secondary N) is 2. The molecular formula is C17H22ClN3O3. The molecule has 0 saturated carbocycles. The number of amides is 4. The van der Waals surface area contributed by atoms with Crippen molar-refractivity contribution >= 4 is 29.4 Å². The Bertz CT molecular complexity index is 616. The number of halogens is 1. The third-order valence-electron chi connectivity index (χ3n) is 3.76. The molecule has 1 heterocycles. The lowest BCUT2D eigenvalue weighted by atomic mass is 10.0. The fourth-order valence-corrected chi connectivity index (χ4v) is 2.68. The average molecular weight is 352 g/mol. The third kappa shape index (κ3) is 4.96. The summed E-state index contributed by atoms with van der Waals surface area (Å²) in [6.45, 7) is 4.14. The molecular weight excluding hydrogens is 330 g/mol. The number of rotatable bonds is 7. The molecule has 0 aliphatic carbocycles. The Morgan fingerprint density at radius 2 is 1.96 bits per heavy atom. The van der Waals surface area contributed by atoms with E-state index in [-0.39, 0.29) is 24.3 Å². The normalized spacial score (nSPS) is 17.3. The van der Waals surface area contributed by atoms with Crippen LogP contribution in [0.4, 0.5) is 4.79 Å². The van der Waals surface area contributed by atoms with Crippen molar-refractivity contribution in [2.24, 2.45) is 5.92 Å². The lowest BCUT2D eigenvalue weighted by Gasteiger charge is -2.13. The number of carbonyl (C=O) groups is 3. The van der Waals surface area contributed by atoms with Crippen molar-refractivity contribution in [2.75, 3.05) is 13.1 Å². The van der Waals surface area contributed by atoms with E-state index in [9.17, 15) is 14.4 Å². The summed E-state index contributed by atoms with van der Waals surface area (Å²) in [4.78, 5) is 36.9. The summed E-state index contributed by atoms with van der Waals surface area (Å²) in [5.74, 6) is -0.397. The molecule has 2 rings (SSSR count). The Hall–Kier alpha value is -2.08. The van der Waals surface area contributed by atoms with Gasteiger partial charge in [0.05, 0.1) is 0 Å². The molecule has 1 aliphatic heterocycles. The predicted molar refractivity (Wildman–Crippen MR) is 91.7 cm³/mol. The zero-order valence-corrected chi connectivity index (χ0v) is 14.6. The minimum absolute atomic E-state index is 0.250. The second-order valence-corrected chi connectivity index (χ2v) is 6.72. The average Bonchev–Trinajstić information content (AvgIpc) is 2.76. The largest absolute Gasteiger partial charge is 0.354 e. The maximum Gasteiger partial charge on any atom is 0.325 e. The van der Waals surface area contributed by atoms with Crippen LogP contribution in [-0.4, -0.2) is 41.9 Å². The quantitative estimate of drug-likeness (QED) is 0.737. The zero-order valence-electron chi connectivity index (χ0n) is 13.8. The molecule has 1 saturated heterocycles. The van der Waals surface area contributed by atoms with Gasteiger partial charge >= 0.3 is 6.03 Å². The summed E-state index contributed by atoms with van der Waals surface area (Å²) in [6, 6.07) is 6.34. The number of nitrogens with zero attached hydrogens (tertiary/aromatic N) is 1. The molecule has 6 nitrogen and oxygen atoms in total. The van der Waals surface area contributed by atoms with Crippen LogP contribution in [0.25, 0.3) is 0 Å². The van der Waals surface area contributed by atoms with Crippen LogP contribution in [0.3, 0.4) is 0 Å². The number of carbonyl (C=O) groups excluding carboxylic acids is 3. The van der Waals surface area contributed by atoms with Gasteiger partial charge in [-0.2, -0.15) is 0 Å². The van der Waals surface area contributed by atoms with E-state index in [1.807, 2.05) is 26.0 Å². The minimum atomic E-state index is -0.528. The molecule has 130 valence electrons. The number of urea groups is 1. The number of hydrogen-bond acceptors (Lipinski definition) is 3. The Kier molecular flexibility index (Phi) is 6.20. The Morgan fingerprint density at radius 3 is 2.58 bits per heavy atom. The summed E-state index contributed by atoms with van der Waals surface area (Å²) in [6.07, 6.45) is 1.22. The van der Waals surface area contributed by atoms with E-state index in [2.05, 4.69) is 10.6 Å². The van der Waals surface area contributed by atoms with Crippen molar-refractivity contribution in [2.45, 2.75) is 32.7 Å². The van der Waals surface area contributed by atoms with Crippen LogP contribution in [-0.2, 0) is 16.0 Å². The molecule has 1 unspecified atom stereocenters. The van der Waals surface area contributed by atoms with E-state index < -0.39 is 12.1 Å². The Morgan fingerprint density at radius 1 is 1.29 bits per heavy atom. The fraction of sp³-hybridized carbons (Fsp3) is 0.471. The van der Waals surface area contributed by atoms with Crippen LogP contribution in [0.15, 0.2) is 24.3 Å². The lowest BCUT2D eigenvalue weighted by Crippen LogP contribution is -2.41. The van der Waals surface area contributed by atoms with Gasteiger partial charge in [0.15, 0.2) is 0 Å². The van der Waals surface area contributed by atoms with E-state index in [4.69, 9.17) is 11.6 Å². The second-order valence-electron chi connectivity index (χ2n) is 6.28. The van der Waals surface area contributed by atoms with Crippen LogP contribution in [0.2, 0.25) is 5.02 Å². The summed E-state index contributed by atoms with van der Waals surface area (Å²) in [7, 11) is 0. The number of imide groups is 1. The van der Waals surface area contributed by atoms with Crippen molar-refractivity contribution in [3.63, 3.8) is 0 Å². The first kappa shape index (κ1) is 18.3. The molecule has 0 aromatic heterocycles. The number of hydrogen-bond donors (Lipinski definition) is 2. The summed E-state index contributed by atoms with van der Waals surface area (Å²) < 4.78 is 0. The van der Waals surface area contributed by atoms with Crippen LogP contribution in [0.5, 0.6) is 0 Å². The predicted octanol–water partition coefficient (Wildman–Crippen LogP) is 1.97. The molecule has 1 fully saturated rings. The van der Waals surface area contributed by atoms with Crippen LogP contribution in [0.1, 0.15) is 25.8 Å². The molecule has 0 spiro atoms. The van der Waals surface area contributed by atoms with Gasteiger partial charge in [0, 0.05) is 11.6 Å². The maximum absolute atomic E-state index is 12.2. The lowest BCUT2D eigenvalue weighted by molar-refractivity contribution is -0.132. The molecule has 1 aromatic carbocycles. The highest BCUT2D eigenvalue weighted by Crippen LogP contribution is 2.14. The van der Waals surface area contributed by atoms with Gasteiger partial charge in [-0.15, -0.1) is 0 Å². The van der Waals surface area contributed by atoms with E-state index in [1.54, 1.807) is 12.1 Å². The van der Waals surface area contributed by atoms with Gasteiger partial charge in [0.2, 0.25) is 5.91 Å². The fourth-order valence-electron chi connectivity index (χ4n) is 2.55. The molecule has 4 amide bonds. The number of benzene rings is 1. The first-order chi connectivity index (χ1) is 11.4. The smallest absolute Gasteiger partial charge is 0.325 e. The van der Waals surface area contributed by atoms with Gasteiger partial charge in [-0.3, -0.25) is 14.5 Å². The molecule has 7 heteroatoms. The molecule has 0 radical (unpaired) electrons. The summed E-state index contributed by atoms with van der Waals surface area (Å²) >= 11 is 5.82. The van der Waals surface area contributed by atoms with E-state index in [0.717, 1.165) is 10.5 Å². The molecule has 2 N–H and O–H groups in total. The van der Waals surface area contributed by atoms with Crippen molar-refractivity contribution in [3.8, 4) is 0 Å². The Balaban J connectivity index is 1.78. The van der Waals surface area contributed by atoms with Gasteiger partial charge < -0.3 is 10.6 Å². The van der Waals surface area contributed by atoms with Gasteiger partial charge in [-0.05, 0) is 36.5 Å². The zero-order chi connectivity index (χ0) is 17.7. The third-order valence-corrected chi connectivity index (χ3v) is 4.02. The summed E-state index contributed by atoms with van der Waals surface area (Å²) in [5, 5.41) is 6.01. The molecule has 1 atom stereocenters. The second kappa shape index (κ2) is 8.15. The van der Waals surface area contributed by atoms with E-state index >= 15 is 0 Å². The van der Waals surface area contributed by atoms with Crippen molar-refractivity contribution in [1.29, 1.82) is 0 Å². The summed E-state index contributed by atoms with van der Waals surface area (Å²) in [5.41, 5.74) is 1.05. The molecule has 1 aromatic rings. The molecule has 0 bridgehead atoms. The molecule has 1 aliphatic rings. The van der Waals surface area contributed by atoms with E-state index in [1.165, 1.54) is 0 Å². The highest BCUT2D eigenvalue weighted by molar-refractivity contribution is 6.30. The van der Waals surface area contributed by atoms with Gasteiger partial charge in [0.25, 0.3) is 5.91 Å². The van der Waals surface area contributed by atoms with Crippen LogP contribution >= 0.6 is 11.6 Å². The van der Waals surface area contributed by atoms with Crippen molar-refractivity contribution in [1.82, 2.24) is 15.5 Å². The van der Waals surface area contributed by atoms with Crippen molar-refractivity contribution in [3.05, 3.63) is 34.9 Å². The minimum Gasteiger partial charge on any atom is -0.354 e. The highest BCUT2D eigenvalue weighted by Gasteiger charge is 2.38.